The molecule has 0 amide bonds. The summed E-state index contributed by atoms with van der Waals surface area (Å²) < 4.78 is 0. The molecule has 0 bridgehead atoms. The molecular formula is C17H34. The van der Waals surface area contributed by atoms with E-state index in [1.54, 1.807) is 0 Å². The first-order valence-corrected chi connectivity index (χ1v) is 7.48. The first kappa shape index (κ1) is 16.7. The van der Waals surface area contributed by atoms with Crippen molar-refractivity contribution in [1.82, 2.24) is 0 Å². The van der Waals surface area contributed by atoms with Gasteiger partial charge in [0.2, 0.25) is 0 Å². The molecule has 0 aliphatic heterocycles. The Morgan fingerprint density at radius 2 is 1.71 bits per heavy atom. The first-order valence-electron chi connectivity index (χ1n) is 7.48. The third-order valence-electron chi connectivity index (χ3n) is 4.51. The molecule has 102 valence electrons. The second kappa shape index (κ2) is 7.24. The number of hydrogen-bond donors (Lipinski definition) is 0. The summed E-state index contributed by atoms with van der Waals surface area (Å²) in [5, 5.41) is 0. The van der Waals surface area contributed by atoms with Crippen molar-refractivity contribution < 1.29 is 0 Å². The van der Waals surface area contributed by atoms with Gasteiger partial charge in [-0.25, -0.2) is 0 Å². The zero-order valence-electron chi connectivity index (χ0n) is 13.1. The van der Waals surface area contributed by atoms with Crippen LogP contribution in [0.5, 0.6) is 0 Å². The van der Waals surface area contributed by atoms with E-state index in [4.69, 9.17) is 0 Å². The second-order valence-corrected chi connectivity index (χ2v) is 6.65. The van der Waals surface area contributed by atoms with E-state index in [2.05, 4.69) is 54.2 Å². The second-order valence-electron chi connectivity index (χ2n) is 6.65. The first-order chi connectivity index (χ1) is 7.85. The maximum atomic E-state index is 4.16. The molecular weight excluding hydrogens is 204 g/mol. The number of unbranched alkanes of at least 4 members (excludes halogenated alkanes) is 2. The highest BCUT2D eigenvalue weighted by molar-refractivity contribution is 5.03. The Bertz CT molecular complexity index is 212. The number of allylic oxidation sites excluding steroid dienone is 1. The molecule has 0 saturated heterocycles. The summed E-state index contributed by atoms with van der Waals surface area (Å²) in [6.07, 6.45) is 10.1. The summed E-state index contributed by atoms with van der Waals surface area (Å²) >= 11 is 0. The molecule has 0 aromatic heterocycles. The van der Waals surface area contributed by atoms with Crippen molar-refractivity contribution in [3.8, 4) is 0 Å². The normalized spacial score (nSPS) is 15.9. The van der Waals surface area contributed by atoms with Gasteiger partial charge in [-0.05, 0) is 36.0 Å². The molecule has 17 heavy (non-hydrogen) atoms. The van der Waals surface area contributed by atoms with Gasteiger partial charge in [0.15, 0.2) is 0 Å². The molecule has 0 saturated carbocycles. The van der Waals surface area contributed by atoms with Crippen LogP contribution in [-0.2, 0) is 0 Å². The van der Waals surface area contributed by atoms with Gasteiger partial charge in [-0.3, -0.25) is 0 Å². The van der Waals surface area contributed by atoms with Gasteiger partial charge in [-0.2, -0.15) is 0 Å². The van der Waals surface area contributed by atoms with Gasteiger partial charge in [0.1, 0.15) is 0 Å². The van der Waals surface area contributed by atoms with E-state index in [1.165, 1.54) is 38.5 Å². The Kier molecular flexibility index (Phi) is 7.13. The van der Waals surface area contributed by atoms with E-state index in [0.29, 0.717) is 10.8 Å². The van der Waals surface area contributed by atoms with E-state index < -0.39 is 0 Å². The van der Waals surface area contributed by atoms with Crippen molar-refractivity contribution in [2.45, 2.75) is 80.1 Å². The number of hydrogen-bond acceptors (Lipinski definition) is 0. The predicted octanol–water partition coefficient (Wildman–Crippen LogP) is 6.22. The van der Waals surface area contributed by atoms with E-state index >= 15 is 0 Å². The minimum Gasteiger partial charge on any atom is -0.103 e. The standard InChI is InChI=1S/C17H34/c1-8-11-12-13-17(9-2,10-3)16(6,7)14-15(4)5/h9,15H,2,8,10-14H2,1,3-7H3. The highest BCUT2D eigenvalue weighted by Gasteiger charge is 2.40. The molecule has 0 heterocycles. The fourth-order valence-electron chi connectivity index (χ4n) is 3.43. The minimum atomic E-state index is 0.326. The fraction of sp³-hybridized carbons (Fsp3) is 0.882. The van der Waals surface area contributed by atoms with E-state index in [9.17, 15) is 0 Å². The van der Waals surface area contributed by atoms with Crippen molar-refractivity contribution in [2.75, 3.05) is 0 Å². The van der Waals surface area contributed by atoms with Crippen LogP contribution >= 0.6 is 0 Å². The van der Waals surface area contributed by atoms with Crippen LogP contribution in [0.1, 0.15) is 80.1 Å². The summed E-state index contributed by atoms with van der Waals surface area (Å²) in [5.41, 5.74) is 0.692. The Morgan fingerprint density at radius 1 is 1.12 bits per heavy atom. The van der Waals surface area contributed by atoms with Crippen LogP contribution in [0, 0.1) is 16.7 Å². The maximum absolute atomic E-state index is 4.16. The Labute approximate surface area is 110 Å². The van der Waals surface area contributed by atoms with Crippen LogP contribution < -0.4 is 0 Å². The SMILES string of the molecule is C=CC(CC)(CCCCC)C(C)(C)CC(C)C. The van der Waals surface area contributed by atoms with Crippen LogP contribution in [-0.4, -0.2) is 0 Å². The molecule has 0 rings (SSSR count). The Hall–Kier alpha value is -0.260. The monoisotopic (exact) mass is 238 g/mol. The summed E-state index contributed by atoms with van der Waals surface area (Å²) in [6.45, 7) is 18.3. The quantitative estimate of drug-likeness (QED) is 0.330. The zero-order valence-corrected chi connectivity index (χ0v) is 13.1. The van der Waals surface area contributed by atoms with Crippen LogP contribution in [0.2, 0.25) is 0 Å². The van der Waals surface area contributed by atoms with Crippen molar-refractivity contribution in [2.24, 2.45) is 16.7 Å². The van der Waals surface area contributed by atoms with Crippen LogP contribution in [0.25, 0.3) is 0 Å². The highest BCUT2D eigenvalue weighted by Crippen LogP contribution is 2.50. The molecule has 0 nitrogen and oxygen atoms in total. The molecule has 0 aliphatic rings. The average molecular weight is 238 g/mol. The van der Waals surface area contributed by atoms with Crippen molar-refractivity contribution >= 4 is 0 Å². The third-order valence-corrected chi connectivity index (χ3v) is 4.51. The van der Waals surface area contributed by atoms with Gasteiger partial charge in [-0.1, -0.05) is 66.9 Å². The Balaban J connectivity index is 4.83. The average Bonchev–Trinajstić information content (AvgIpc) is 2.22. The lowest BCUT2D eigenvalue weighted by atomic mass is 9.59. The van der Waals surface area contributed by atoms with Gasteiger partial charge in [-0.15, -0.1) is 6.58 Å². The lowest BCUT2D eigenvalue weighted by Gasteiger charge is -2.46. The molecule has 1 unspecified atom stereocenters. The molecule has 0 aliphatic carbocycles. The van der Waals surface area contributed by atoms with Crippen molar-refractivity contribution in [3.05, 3.63) is 12.7 Å². The fourth-order valence-corrected chi connectivity index (χ4v) is 3.43. The molecule has 0 aromatic carbocycles. The topological polar surface area (TPSA) is 0 Å². The lowest BCUT2D eigenvalue weighted by molar-refractivity contribution is 0.0775. The van der Waals surface area contributed by atoms with Crippen molar-refractivity contribution in [3.63, 3.8) is 0 Å². The molecule has 0 N–H and O–H groups in total. The summed E-state index contributed by atoms with van der Waals surface area (Å²) in [6, 6.07) is 0. The maximum Gasteiger partial charge on any atom is -0.00723 e. The zero-order chi connectivity index (χ0) is 13.5. The van der Waals surface area contributed by atoms with E-state index in [0.717, 1.165) is 5.92 Å². The summed E-state index contributed by atoms with van der Waals surface area (Å²) in [4.78, 5) is 0. The van der Waals surface area contributed by atoms with Crippen molar-refractivity contribution in [1.29, 1.82) is 0 Å². The summed E-state index contributed by atoms with van der Waals surface area (Å²) in [7, 11) is 0. The van der Waals surface area contributed by atoms with E-state index in [-0.39, 0.29) is 0 Å². The largest absolute Gasteiger partial charge is 0.103 e. The molecule has 0 fully saturated rings. The number of rotatable bonds is 9. The minimum absolute atomic E-state index is 0.326. The van der Waals surface area contributed by atoms with Gasteiger partial charge < -0.3 is 0 Å². The molecule has 0 aromatic rings. The van der Waals surface area contributed by atoms with Gasteiger partial charge in [0, 0.05) is 0 Å². The smallest absolute Gasteiger partial charge is 0.00723 e. The third kappa shape index (κ3) is 4.48. The van der Waals surface area contributed by atoms with Crippen LogP contribution in [0.4, 0.5) is 0 Å². The van der Waals surface area contributed by atoms with Gasteiger partial charge >= 0.3 is 0 Å². The van der Waals surface area contributed by atoms with Gasteiger partial charge in [0.25, 0.3) is 0 Å². The molecule has 0 spiro atoms. The lowest BCUT2D eigenvalue weighted by Crippen LogP contribution is -2.36. The Morgan fingerprint density at radius 3 is 2.06 bits per heavy atom. The van der Waals surface area contributed by atoms with E-state index in [1.807, 2.05) is 0 Å². The van der Waals surface area contributed by atoms with Gasteiger partial charge in [0.05, 0.1) is 0 Å². The highest BCUT2D eigenvalue weighted by atomic mass is 14.4. The molecule has 0 heteroatoms. The van der Waals surface area contributed by atoms with Crippen LogP contribution in [0.3, 0.4) is 0 Å². The predicted molar refractivity (Wildman–Crippen MR) is 80.3 cm³/mol. The molecule has 1 atom stereocenters. The van der Waals surface area contributed by atoms with Crippen LogP contribution in [0.15, 0.2) is 12.7 Å². The summed E-state index contributed by atoms with van der Waals surface area (Å²) in [5.74, 6) is 0.766. The molecule has 0 radical (unpaired) electrons.